The molecule has 0 aliphatic rings. The second-order valence-corrected chi connectivity index (χ2v) is 4.23. The minimum absolute atomic E-state index is 0.0900. The number of rotatable bonds is 12. The van der Waals surface area contributed by atoms with Crippen LogP contribution in [0.25, 0.3) is 0 Å². The van der Waals surface area contributed by atoms with E-state index in [1.54, 1.807) is 0 Å². The fraction of sp³-hybridized carbons (Fsp3) is 0.833. The van der Waals surface area contributed by atoms with Gasteiger partial charge in [0.2, 0.25) is 0 Å². The molecule has 0 aromatic carbocycles. The standard InChI is InChI=1S/2C6H13NO4/c2*8-3-1-7(2-4-9)5-6(10)11/h2*8-9H,1-5H2,(H,10,11). The third-order valence-corrected chi connectivity index (χ3v) is 2.38. The van der Waals surface area contributed by atoms with Crippen LogP contribution in [0.1, 0.15) is 0 Å². The van der Waals surface area contributed by atoms with Gasteiger partial charge in [-0.05, 0) is 0 Å². The minimum Gasteiger partial charge on any atom is -0.480 e. The highest BCUT2D eigenvalue weighted by molar-refractivity contribution is 5.69. The first-order chi connectivity index (χ1) is 10.4. The highest BCUT2D eigenvalue weighted by Gasteiger charge is 2.07. The van der Waals surface area contributed by atoms with Crippen molar-refractivity contribution in [1.29, 1.82) is 0 Å². The zero-order chi connectivity index (χ0) is 17.4. The van der Waals surface area contributed by atoms with Crippen LogP contribution in [0.3, 0.4) is 0 Å². The summed E-state index contributed by atoms with van der Waals surface area (Å²) in [5.41, 5.74) is 0. The van der Waals surface area contributed by atoms with Gasteiger partial charge in [0.15, 0.2) is 0 Å². The van der Waals surface area contributed by atoms with Crippen molar-refractivity contribution in [2.24, 2.45) is 0 Å². The van der Waals surface area contributed by atoms with Crippen LogP contribution in [0.2, 0.25) is 0 Å². The third-order valence-electron chi connectivity index (χ3n) is 2.38. The average molecular weight is 326 g/mol. The molecular weight excluding hydrogens is 300 g/mol. The number of nitrogens with zero attached hydrogens (tertiary/aromatic N) is 2. The summed E-state index contributed by atoms with van der Waals surface area (Å²) >= 11 is 0. The van der Waals surface area contributed by atoms with Gasteiger partial charge >= 0.3 is 11.9 Å². The Kier molecular flexibility index (Phi) is 16.8. The van der Waals surface area contributed by atoms with Crippen molar-refractivity contribution in [3.63, 3.8) is 0 Å². The lowest BCUT2D eigenvalue weighted by Crippen LogP contribution is -2.34. The highest BCUT2D eigenvalue weighted by Crippen LogP contribution is 1.86. The molecule has 0 saturated heterocycles. The van der Waals surface area contributed by atoms with E-state index in [2.05, 4.69) is 0 Å². The van der Waals surface area contributed by atoms with Crippen LogP contribution in [0, 0.1) is 0 Å². The molecule has 0 fully saturated rings. The predicted molar refractivity (Wildman–Crippen MR) is 76.5 cm³/mol. The Bertz CT molecular complexity index is 250. The maximum Gasteiger partial charge on any atom is 0.317 e. The molecule has 0 aliphatic heterocycles. The van der Waals surface area contributed by atoms with Crippen molar-refractivity contribution in [3.8, 4) is 0 Å². The highest BCUT2D eigenvalue weighted by atomic mass is 16.4. The zero-order valence-electron chi connectivity index (χ0n) is 12.5. The summed E-state index contributed by atoms with van der Waals surface area (Å²) in [4.78, 5) is 23.2. The van der Waals surface area contributed by atoms with Crippen LogP contribution >= 0.6 is 0 Å². The zero-order valence-corrected chi connectivity index (χ0v) is 12.5. The van der Waals surface area contributed by atoms with Gasteiger partial charge in [-0.1, -0.05) is 0 Å². The van der Waals surface area contributed by atoms with Crippen molar-refractivity contribution >= 4 is 11.9 Å². The molecule has 0 saturated carbocycles. The molecule has 0 spiro atoms. The molecule has 132 valence electrons. The number of carbonyl (C=O) groups is 2. The number of hydrogen-bond donors (Lipinski definition) is 6. The first-order valence-corrected chi connectivity index (χ1v) is 6.72. The largest absolute Gasteiger partial charge is 0.480 e. The van der Waals surface area contributed by atoms with E-state index in [0.29, 0.717) is 0 Å². The predicted octanol–water partition coefficient (Wildman–Crippen LogP) is -3.28. The van der Waals surface area contributed by atoms with Gasteiger partial charge in [0.05, 0.1) is 39.5 Å². The number of aliphatic carboxylic acids is 2. The molecule has 0 amide bonds. The van der Waals surface area contributed by atoms with Gasteiger partial charge in [0.1, 0.15) is 0 Å². The molecule has 22 heavy (non-hydrogen) atoms. The first kappa shape index (κ1) is 23.0. The Morgan fingerprint density at radius 3 is 0.955 bits per heavy atom. The third kappa shape index (κ3) is 16.8. The van der Waals surface area contributed by atoms with E-state index in [0.717, 1.165) is 0 Å². The number of aliphatic hydroxyl groups is 4. The number of hydrogen-bond acceptors (Lipinski definition) is 8. The van der Waals surface area contributed by atoms with Gasteiger partial charge in [0, 0.05) is 26.2 Å². The van der Waals surface area contributed by atoms with E-state index in [-0.39, 0.29) is 65.7 Å². The number of carboxylic acid groups (broad SMARTS) is 2. The molecule has 0 aromatic rings. The minimum atomic E-state index is -0.952. The maximum atomic E-state index is 10.2. The molecule has 0 heterocycles. The molecule has 0 rings (SSSR count). The molecule has 0 bridgehead atoms. The van der Waals surface area contributed by atoms with Gasteiger partial charge in [0.25, 0.3) is 0 Å². The lowest BCUT2D eigenvalue weighted by Gasteiger charge is -2.16. The van der Waals surface area contributed by atoms with Gasteiger partial charge in [-0.3, -0.25) is 19.4 Å². The fourth-order valence-corrected chi connectivity index (χ4v) is 1.49. The van der Waals surface area contributed by atoms with Crippen LogP contribution in [-0.4, -0.2) is 118 Å². The molecular formula is C12H26N2O8. The van der Waals surface area contributed by atoms with E-state index < -0.39 is 11.9 Å². The molecule has 0 aromatic heterocycles. The van der Waals surface area contributed by atoms with E-state index in [9.17, 15) is 9.59 Å². The quantitative estimate of drug-likeness (QED) is 0.214. The number of aliphatic hydroxyl groups excluding tert-OH is 4. The Labute approximate surface area is 128 Å². The van der Waals surface area contributed by atoms with Crippen LogP contribution in [0.4, 0.5) is 0 Å². The van der Waals surface area contributed by atoms with Crippen LogP contribution in [-0.2, 0) is 9.59 Å². The van der Waals surface area contributed by atoms with Crippen molar-refractivity contribution < 1.29 is 40.2 Å². The maximum absolute atomic E-state index is 10.2. The molecule has 0 aliphatic carbocycles. The van der Waals surface area contributed by atoms with Crippen molar-refractivity contribution in [3.05, 3.63) is 0 Å². The summed E-state index contributed by atoms with van der Waals surface area (Å²) in [6, 6.07) is 0. The lowest BCUT2D eigenvalue weighted by molar-refractivity contribution is -0.139. The molecule has 0 unspecified atom stereocenters. The molecule has 6 N–H and O–H groups in total. The van der Waals surface area contributed by atoms with E-state index in [1.165, 1.54) is 9.80 Å². The number of carboxylic acids is 2. The SMILES string of the molecule is O=C(O)CN(CCO)CCO.O=C(O)CN(CCO)CCO. The normalized spacial score (nSPS) is 10.5. The average Bonchev–Trinajstić information content (AvgIpc) is 2.39. The second kappa shape index (κ2) is 16.1. The summed E-state index contributed by atoms with van der Waals surface area (Å²) in [6.45, 7) is 0.503. The van der Waals surface area contributed by atoms with E-state index in [4.69, 9.17) is 30.6 Å². The molecule has 0 atom stereocenters. The monoisotopic (exact) mass is 326 g/mol. The molecule has 0 radical (unpaired) electrons. The first-order valence-electron chi connectivity index (χ1n) is 6.72. The Morgan fingerprint density at radius 2 is 0.818 bits per heavy atom. The lowest BCUT2D eigenvalue weighted by atomic mass is 10.4. The summed E-state index contributed by atoms with van der Waals surface area (Å²) in [6.07, 6.45) is 0. The summed E-state index contributed by atoms with van der Waals surface area (Å²) < 4.78 is 0. The van der Waals surface area contributed by atoms with E-state index >= 15 is 0 Å². The van der Waals surface area contributed by atoms with Crippen LogP contribution < -0.4 is 0 Å². The Morgan fingerprint density at radius 1 is 0.591 bits per heavy atom. The van der Waals surface area contributed by atoms with Crippen LogP contribution in [0.5, 0.6) is 0 Å². The topological polar surface area (TPSA) is 162 Å². The van der Waals surface area contributed by atoms with E-state index in [1.807, 2.05) is 0 Å². The van der Waals surface area contributed by atoms with Gasteiger partial charge < -0.3 is 30.6 Å². The van der Waals surface area contributed by atoms with Gasteiger partial charge in [-0.15, -0.1) is 0 Å². The molecule has 10 heteroatoms. The summed E-state index contributed by atoms with van der Waals surface area (Å²) in [7, 11) is 0. The van der Waals surface area contributed by atoms with Gasteiger partial charge in [-0.2, -0.15) is 0 Å². The Balaban J connectivity index is 0. The van der Waals surface area contributed by atoms with Crippen molar-refractivity contribution in [1.82, 2.24) is 9.80 Å². The van der Waals surface area contributed by atoms with Crippen molar-refractivity contribution in [2.45, 2.75) is 0 Å². The smallest absolute Gasteiger partial charge is 0.317 e. The summed E-state index contributed by atoms with van der Waals surface area (Å²) in [5, 5.41) is 50.5. The second-order valence-electron chi connectivity index (χ2n) is 4.23. The van der Waals surface area contributed by atoms with Gasteiger partial charge in [-0.25, -0.2) is 0 Å². The Hall–Kier alpha value is -1.30. The van der Waals surface area contributed by atoms with Crippen molar-refractivity contribution in [2.75, 3.05) is 65.7 Å². The van der Waals surface area contributed by atoms with Crippen LogP contribution in [0.15, 0.2) is 0 Å². The molecule has 10 nitrogen and oxygen atoms in total. The summed E-state index contributed by atoms with van der Waals surface area (Å²) in [5.74, 6) is -1.90. The fourth-order valence-electron chi connectivity index (χ4n) is 1.49.